The maximum Gasteiger partial charge on any atom is 0.140 e. The number of hydrogen-bond acceptors (Lipinski definition) is 4. The van der Waals surface area contributed by atoms with E-state index in [9.17, 15) is 0 Å². The average Bonchev–Trinajstić information content (AvgIpc) is 2.71. The lowest BCUT2D eigenvalue weighted by atomic mass is 10.1. The van der Waals surface area contributed by atoms with E-state index in [1.165, 1.54) is 0 Å². The quantitative estimate of drug-likeness (QED) is 0.747. The Labute approximate surface area is 103 Å². The topological polar surface area (TPSA) is 63.0 Å². The van der Waals surface area contributed by atoms with Gasteiger partial charge in [-0.15, -0.1) is 0 Å². The summed E-state index contributed by atoms with van der Waals surface area (Å²) in [6, 6.07) is 0.268. The number of aliphatic hydroxyl groups excluding tert-OH is 1. The maximum absolute atomic E-state index is 9.06. The zero-order chi connectivity index (χ0) is 12.8. The Morgan fingerprint density at radius 2 is 2.06 bits per heavy atom. The van der Waals surface area contributed by atoms with Crippen molar-refractivity contribution in [1.82, 2.24) is 20.1 Å². The van der Waals surface area contributed by atoms with Crippen LogP contribution in [-0.4, -0.2) is 32.5 Å². The molecule has 2 unspecified atom stereocenters. The van der Waals surface area contributed by atoms with Crippen molar-refractivity contribution in [2.24, 2.45) is 11.8 Å². The molecule has 2 atom stereocenters. The Morgan fingerprint density at radius 1 is 1.35 bits per heavy atom. The molecule has 0 spiro atoms. The van der Waals surface area contributed by atoms with E-state index in [0.29, 0.717) is 12.5 Å². The SMILES string of the molecule is CC(C)Cn1ncnc1CNC(C)C(C)CO. The van der Waals surface area contributed by atoms with Crippen LogP contribution in [0.5, 0.6) is 0 Å². The summed E-state index contributed by atoms with van der Waals surface area (Å²) in [6.45, 7) is 10.2. The highest BCUT2D eigenvalue weighted by Gasteiger charge is 2.12. The van der Waals surface area contributed by atoms with Crippen LogP contribution in [-0.2, 0) is 13.1 Å². The van der Waals surface area contributed by atoms with Gasteiger partial charge >= 0.3 is 0 Å². The Morgan fingerprint density at radius 3 is 2.65 bits per heavy atom. The molecule has 1 aromatic heterocycles. The maximum atomic E-state index is 9.06. The van der Waals surface area contributed by atoms with Crippen molar-refractivity contribution in [1.29, 1.82) is 0 Å². The van der Waals surface area contributed by atoms with Gasteiger partial charge in [0.2, 0.25) is 0 Å². The molecule has 0 saturated heterocycles. The first-order chi connectivity index (χ1) is 8.04. The van der Waals surface area contributed by atoms with Gasteiger partial charge in [-0.3, -0.25) is 0 Å². The number of aromatic nitrogens is 3. The number of hydrogen-bond donors (Lipinski definition) is 2. The number of aliphatic hydroxyl groups is 1. The molecule has 0 saturated carbocycles. The van der Waals surface area contributed by atoms with Gasteiger partial charge in [0.1, 0.15) is 12.2 Å². The molecule has 5 heteroatoms. The molecular weight excluding hydrogens is 216 g/mol. The molecule has 1 heterocycles. The fourth-order valence-electron chi connectivity index (χ4n) is 1.53. The van der Waals surface area contributed by atoms with Crippen molar-refractivity contribution in [2.45, 2.75) is 46.8 Å². The van der Waals surface area contributed by atoms with Gasteiger partial charge in [-0.25, -0.2) is 9.67 Å². The second-order valence-electron chi connectivity index (χ2n) is 5.08. The highest BCUT2D eigenvalue weighted by molar-refractivity contribution is 4.85. The Bertz CT molecular complexity index is 324. The first-order valence-corrected chi connectivity index (χ1v) is 6.25. The highest BCUT2D eigenvalue weighted by Crippen LogP contribution is 2.04. The summed E-state index contributed by atoms with van der Waals surface area (Å²) in [5.74, 6) is 1.76. The summed E-state index contributed by atoms with van der Waals surface area (Å²) in [6.07, 6.45) is 1.60. The normalized spacial score (nSPS) is 15.2. The number of rotatable bonds is 7. The monoisotopic (exact) mass is 240 g/mol. The van der Waals surface area contributed by atoms with Gasteiger partial charge < -0.3 is 10.4 Å². The minimum absolute atomic E-state index is 0.201. The van der Waals surface area contributed by atoms with Crippen LogP contribution in [0, 0.1) is 11.8 Å². The van der Waals surface area contributed by atoms with Crippen LogP contribution in [0.25, 0.3) is 0 Å². The van der Waals surface area contributed by atoms with E-state index in [1.807, 2.05) is 11.6 Å². The van der Waals surface area contributed by atoms with E-state index in [0.717, 1.165) is 12.4 Å². The van der Waals surface area contributed by atoms with Crippen LogP contribution in [0.1, 0.15) is 33.5 Å². The summed E-state index contributed by atoms with van der Waals surface area (Å²) in [7, 11) is 0. The smallest absolute Gasteiger partial charge is 0.140 e. The van der Waals surface area contributed by atoms with Crippen molar-refractivity contribution in [3.63, 3.8) is 0 Å². The summed E-state index contributed by atoms with van der Waals surface area (Å²) < 4.78 is 1.94. The lowest BCUT2D eigenvalue weighted by molar-refractivity contribution is 0.206. The molecule has 5 nitrogen and oxygen atoms in total. The molecule has 0 fully saturated rings. The van der Waals surface area contributed by atoms with Crippen molar-refractivity contribution >= 4 is 0 Å². The van der Waals surface area contributed by atoms with Gasteiger partial charge in [-0.05, 0) is 18.8 Å². The minimum atomic E-state index is 0.201. The summed E-state index contributed by atoms with van der Waals surface area (Å²) in [4.78, 5) is 4.25. The van der Waals surface area contributed by atoms with Gasteiger partial charge in [0, 0.05) is 19.2 Å². The lowest BCUT2D eigenvalue weighted by Gasteiger charge is -2.19. The third kappa shape index (κ3) is 4.44. The van der Waals surface area contributed by atoms with Gasteiger partial charge in [-0.1, -0.05) is 20.8 Å². The second-order valence-corrected chi connectivity index (χ2v) is 5.08. The predicted octanol–water partition coefficient (Wildman–Crippen LogP) is 1.04. The van der Waals surface area contributed by atoms with Crippen molar-refractivity contribution in [2.75, 3.05) is 6.61 Å². The van der Waals surface area contributed by atoms with E-state index in [2.05, 4.69) is 36.2 Å². The minimum Gasteiger partial charge on any atom is -0.396 e. The third-order valence-electron chi connectivity index (χ3n) is 2.96. The Kier molecular flexibility index (Phi) is 5.58. The Hall–Kier alpha value is -0.940. The zero-order valence-corrected chi connectivity index (χ0v) is 11.2. The van der Waals surface area contributed by atoms with Crippen LogP contribution < -0.4 is 5.32 Å². The zero-order valence-electron chi connectivity index (χ0n) is 11.2. The average molecular weight is 240 g/mol. The number of nitrogens with one attached hydrogen (secondary N) is 1. The van der Waals surface area contributed by atoms with Crippen LogP contribution in [0.2, 0.25) is 0 Å². The molecule has 2 N–H and O–H groups in total. The summed E-state index contributed by atoms with van der Waals surface area (Å²) >= 11 is 0. The molecule has 0 aromatic carbocycles. The van der Waals surface area contributed by atoms with Crippen molar-refractivity contribution < 1.29 is 5.11 Å². The standard InChI is InChI=1S/C12H24N4O/c1-9(2)6-16-12(14-8-15-16)5-13-11(4)10(3)7-17/h8-11,13,17H,5-7H2,1-4H3. The molecule has 0 aliphatic heterocycles. The lowest BCUT2D eigenvalue weighted by Crippen LogP contribution is -2.34. The Balaban J connectivity index is 2.49. The second kappa shape index (κ2) is 6.71. The van der Waals surface area contributed by atoms with Crippen molar-refractivity contribution in [3.8, 4) is 0 Å². The molecule has 0 aliphatic carbocycles. The molecule has 1 aromatic rings. The molecule has 0 bridgehead atoms. The first-order valence-electron chi connectivity index (χ1n) is 6.25. The number of nitrogens with zero attached hydrogens (tertiary/aromatic N) is 3. The molecule has 0 amide bonds. The van der Waals surface area contributed by atoms with Gasteiger partial charge in [0.25, 0.3) is 0 Å². The largest absolute Gasteiger partial charge is 0.396 e. The van der Waals surface area contributed by atoms with E-state index in [4.69, 9.17) is 5.11 Å². The van der Waals surface area contributed by atoms with E-state index in [1.54, 1.807) is 6.33 Å². The van der Waals surface area contributed by atoms with Crippen LogP contribution in [0.15, 0.2) is 6.33 Å². The van der Waals surface area contributed by atoms with Crippen LogP contribution in [0.3, 0.4) is 0 Å². The van der Waals surface area contributed by atoms with Gasteiger partial charge in [0.15, 0.2) is 0 Å². The van der Waals surface area contributed by atoms with Crippen molar-refractivity contribution in [3.05, 3.63) is 12.2 Å². The van der Waals surface area contributed by atoms with E-state index in [-0.39, 0.29) is 18.6 Å². The summed E-state index contributed by atoms with van der Waals surface area (Å²) in [5.41, 5.74) is 0. The molecule has 17 heavy (non-hydrogen) atoms. The van der Waals surface area contributed by atoms with Gasteiger partial charge in [0.05, 0.1) is 6.54 Å². The molecule has 0 radical (unpaired) electrons. The summed E-state index contributed by atoms with van der Waals surface area (Å²) in [5, 5.41) is 16.6. The predicted molar refractivity (Wildman–Crippen MR) is 67.4 cm³/mol. The van der Waals surface area contributed by atoms with E-state index >= 15 is 0 Å². The van der Waals surface area contributed by atoms with Crippen LogP contribution in [0.4, 0.5) is 0 Å². The van der Waals surface area contributed by atoms with E-state index < -0.39 is 0 Å². The molecule has 98 valence electrons. The fraction of sp³-hybridized carbons (Fsp3) is 0.833. The molecular formula is C12H24N4O. The highest BCUT2D eigenvalue weighted by atomic mass is 16.3. The van der Waals surface area contributed by atoms with Gasteiger partial charge in [-0.2, -0.15) is 5.10 Å². The molecule has 1 rings (SSSR count). The van der Waals surface area contributed by atoms with Crippen LogP contribution >= 0.6 is 0 Å². The molecule has 0 aliphatic rings. The fourth-order valence-corrected chi connectivity index (χ4v) is 1.53. The third-order valence-corrected chi connectivity index (χ3v) is 2.96. The first kappa shape index (κ1) is 14.1.